The lowest BCUT2D eigenvalue weighted by atomic mass is 9.73. The number of likely N-dealkylation sites (tertiary alicyclic amines) is 1. The Morgan fingerprint density at radius 3 is 2.59 bits per heavy atom. The number of aryl methyl sites for hydroxylation is 1. The highest BCUT2D eigenvalue weighted by molar-refractivity contribution is 5.77. The molecule has 1 spiro atoms. The zero-order chi connectivity index (χ0) is 20.4. The summed E-state index contributed by atoms with van der Waals surface area (Å²) in [7, 11) is 1.98. The first-order valence-corrected chi connectivity index (χ1v) is 11.1. The second-order valence-corrected chi connectivity index (χ2v) is 8.84. The first kappa shape index (κ1) is 20.1. The van der Waals surface area contributed by atoms with Crippen LogP contribution in [0, 0.1) is 0 Å². The molecule has 2 aromatic rings. The molecule has 1 amide bonds. The number of fused-ring (bicyclic) bond motifs is 2. The minimum atomic E-state index is 0.246. The van der Waals surface area contributed by atoms with Crippen molar-refractivity contribution in [1.29, 1.82) is 0 Å². The fraction of sp³-hybridized carbons (Fsp3) is 0.583. The van der Waals surface area contributed by atoms with Gasteiger partial charge in [0.2, 0.25) is 5.91 Å². The zero-order valence-corrected chi connectivity index (χ0v) is 18.1. The number of hydrogen-bond acceptors (Lipinski definition) is 3. The highest BCUT2D eigenvalue weighted by Gasteiger charge is 2.45. The number of amides is 1. The molecule has 156 valence electrons. The Balaban J connectivity index is 1.46. The third kappa shape index (κ3) is 3.97. The molecular formula is C24H34N4O. The van der Waals surface area contributed by atoms with Crippen LogP contribution >= 0.6 is 0 Å². The van der Waals surface area contributed by atoms with E-state index in [-0.39, 0.29) is 5.41 Å². The number of rotatable bonds is 6. The van der Waals surface area contributed by atoms with Crippen molar-refractivity contribution in [1.82, 2.24) is 19.6 Å². The molecule has 1 fully saturated rings. The predicted octanol–water partition coefficient (Wildman–Crippen LogP) is 3.70. The summed E-state index contributed by atoms with van der Waals surface area (Å²) in [5.74, 6) is 0.671. The largest absolute Gasteiger partial charge is 0.343 e. The number of aromatic nitrogens is 2. The molecule has 1 atom stereocenters. The van der Waals surface area contributed by atoms with Crippen molar-refractivity contribution in [2.75, 3.05) is 26.2 Å². The molecule has 1 saturated heterocycles. The van der Waals surface area contributed by atoms with Gasteiger partial charge in [-0.2, -0.15) is 5.10 Å². The van der Waals surface area contributed by atoms with Gasteiger partial charge in [0.05, 0.1) is 6.20 Å². The van der Waals surface area contributed by atoms with Gasteiger partial charge in [-0.15, -0.1) is 0 Å². The normalized spacial score (nSPS) is 20.7. The standard InChI is InChI=1S/C24H34N4O/c1-4-28(5-2)23(29)14-20-15-24(22-9-7-6-8-21(20)22)10-12-27(13-11-24)18-19-16-25-26(3)17-19/h6-9,16-17,20H,4-5,10-15,18H2,1-3H3/t20-/m0/s1. The summed E-state index contributed by atoms with van der Waals surface area (Å²) in [6.45, 7) is 8.96. The maximum absolute atomic E-state index is 12.8. The van der Waals surface area contributed by atoms with Gasteiger partial charge in [-0.05, 0) is 68.7 Å². The number of benzene rings is 1. The van der Waals surface area contributed by atoms with Crippen LogP contribution in [0.15, 0.2) is 36.7 Å². The quantitative estimate of drug-likeness (QED) is 0.750. The summed E-state index contributed by atoms with van der Waals surface area (Å²) < 4.78 is 1.88. The molecule has 1 aromatic heterocycles. The van der Waals surface area contributed by atoms with Crippen molar-refractivity contribution in [3.63, 3.8) is 0 Å². The van der Waals surface area contributed by atoms with Crippen molar-refractivity contribution < 1.29 is 4.79 Å². The average Bonchev–Trinajstić information content (AvgIpc) is 3.27. The Labute approximate surface area is 174 Å². The third-order valence-corrected chi connectivity index (χ3v) is 7.12. The van der Waals surface area contributed by atoms with Crippen LogP contribution in [0.1, 0.15) is 62.1 Å². The second kappa shape index (κ2) is 8.31. The van der Waals surface area contributed by atoms with E-state index >= 15 is 0 Å². The van der Waals surface area contributed by atoms with E-state index in [1.165, 1.54) is 29.5 Å². The predicted molar refractivity (Wildman–Crippen MR) is 116 cm³/mol. The lowest BCUT2D eigenvalue weighted by Crippen LogP contribution is -2.41. The Kier molecular flexibility index (Phi) is 5.77. The molecule has 1 aromatic carbocycles. The van der Waals surface area contributed by atoms with Crippen molar-refractivity contribution in [2.24, 2.45) is 7.05 Å². The summed E-state index contributed by atoms with van der Waals surface area (Å²) in [5, 5.41) is 4.30. The highest BCUT2D eigenvalue weighted by Crippen LogP contribution is 2.52. The molecule has 0 radical (unpaired) electrons. The maximum Gasteiger partial charge on any atom is 0.223 e. The van der Waals surface area contributed by atoms with E-state index in [0.29, 0.717) is 18.2 Å². The summed E-state index contributed by atoms with van der Waals surface area (Å²) in [5.41, 5.74) is 4.47. The lowest BCUT2D eigenvalue weighted by Gasteiger charge is -2.40. The number of nitrogens with zero attached hydrogens (tertiary/aromatic N) is 4. The topological polar surface area (TPSA) is 41.4 Å². The fourth-order valence-electron chi connectivity index (χ4n) is 5.55. The molecule has 1 aliphatic carbocycles. The monoisotopic (exact) mass is 394 g/mol. The Bertz CT molecular complexity index is 846. The van der Waals surface area contributed by atoms with Gasteiger partial charge in [-0.1, -0.05) is 24.3 Å². The molecule has 0 N–H and O–H groups in total. The smallest absolute Gasteiger partial charge is 0.223 e. The van der Waals surface area contributed by atoms with Crippen LogP contribution in [0.2, 0.25) is 0 Å². The van der Waals surface area contributed by atoms with Crippen molar-refractivity contribution in [3.8, 4) is 0 Å². The van der Waals surface area contributed by atoms with E-state index in [9.17, 15) is 4.79 Å². The molecular weight excluding hydrogens is 360 g/mol. The van der Waals surface area contributed by atoms with Gasteiger partial charge in [0.25, 0.3) is 0 Å². The number of hydrogen-bond donors (Lipinski definition) is 0. The van der Waals surface area contributed by atoms with E-state index in [4.69, 9.17) is 0 Å². The fourth-order valence-corrected chi connectivity index (χ4v) is 5.55. The summed E-state index contributed by atoms with van der Waals surface area (Å²) in [4.78, 5) is 17.3. The van der Waals surface area contributed by atoms with Crippen LogP contribution < -0.4 is 0 Å². The highest BCUT2D eigenvalue weighted by atomic mass is 16.2. The van der Waals surface area contributed by atoms with E-state index in [0.717, 1.165) is 39.1 Å². The maximum atomic E-state index is 12.8. The summed E-state index contributed by atoms with van der Waals surface area (Å²) in [6, 6.07) is 8.92. The van der Waals surface area contributed by atoms with Gasteiger partial charge >= 0.3 is 0 Å². The third-order valence-electron chi connectivity index (χ3n) is 7.12. The van der Waals surface area contributed by atoms with E-state index in [1.807, 2.05) is 22.8 Å². The minimum absolute atomic E-state index is 0.246. The minimum Gasteiger partial charge on any atom is -0.343 e. The van der Waals surface area contributed by atoms with E-state index in [1.54, 1.807) is 0 Å². The molecule has 0 saturated carbocycles. The zero-order valence-electron chi connectivity index (χ0n) is 18.1. The van der Waals surface area contributed by atoms with Gasteiger partial charge in [-0.3, -0.25) is 14.4 Å². The Hall–Kier alpha value is -2.14. The Morgan fingerprint density at radius 2 is 1.93 bits per heavy atom. The molecule has 5 nitrogen and oxygen atoms in total. The van der Waals surface area contributed by atoms with Crippen LogP contribution in [0.4, 0.5) is 0 Å². The van der Waals surface area contributed by atoms with Crippen molar-refractivity contribution in [3.05, 3.63) is 53.3 Å². The molecule has 5 heteroatoms. The molecule has 29 heavy (non-hydrogen) atoms. The van der Waals surface area contributed by atoms with Crippen LogP contribution in [0.5, 0.6) is 0 Å². The number of carbonyl (C=O) groups is 1. The van der Waals surface area contributed by atoms with Crippen molar-refractivity contribution >= 4 is 5.91 Å². The van der Waals surface area contributed by atoms with Crippen LogP contribution in [0.25, 0.3) is 0 Å². The SMILES string of the molecule is CCN(CC)C(=O)C[C@H]1CC2(CCN(Cc3cnn(C)c3)CC2)c2ccccc21. The molecule has 2 heterocycles. The summed E-state index contributed by atoms with van der Waals surface area (Å²) >= 11 is 0. The van der Waals surface area contributed by atoms with Crippen molar-refractivity contribution in [2.45, 2.75) is 57.4 Å². The second-order valence-electron chi connectivity index (χ2n) is 8.84. The van der Waals surface area contributed by atoms with Gasteiger partial charge < -0.3 is 4.90 Å². The Morgan fingerprint density at radius 1 is 1.21 bits per heavy atom. The molecule has 0 bridgehead atoms. The average molecular weight is 395 g/mol. The van der Waals surface area contributed by atoms with Crippen LogP contribution in [0.3, 0.4) is 0 Å². The summed E-state index contributed by atoms with van der Waals surface area (Å²) in [6.07, 6.45) is 8.23. The van der Waals surface area contributed by atoms with Gasteiger partial charge in [0.15, 0.2) is 0 Å². The van der Waals surface area contributed by atoms with Gasteiger partial charge in [0.1, 0.15) is 0 Å². The molecule has 2 aliphatic rings. The van der Waals surface area contributed by atoms with Gasteiger partial charge in [0, 0.05) is 44.9 Å². The molecule has 0 unspecified atom stereocenters. The van der Waals surface area contributed by atoms with Crippen LogP contribution in [-0.2, 0) is 23.8 Å². The number of piperidine rings is 1. The molecule has 1 aliphatic heterocycles. The van der Waals surface area contributed by atoms with E-state index in [2.05, 4.69) is 54.3 Å². The first-order valence-electron chi connectivity index (χ1n) is 11.1. The number of carbonyl (C=O) groups excluding carboxylic acids is 1. The van der Waals surface area contributed by atoms with Gasteiger partial charge in [-0.25, -0.2) is 0 Å². The van der Waals surface area contributed by atoms with E-state index < -0.39 is 0 Å². The van der Waals surface area contributed by atoms with Crippen LogP contribution in [-0.4, -0.2) is 51.7 Å². The molecule has 4 rings (SSSR count). The first-order chi connectivity index (χ1) is 14.0. The lowest BCUT2D eigenvalue weighted by molar-refractivity contribution is -0.131.